The molecule has 0 bridgehead atoms. The highest BCUT2D eigenvalue weighted by Crippen LogP contribution is 2.39. The second-order valence-electron chi connectivity index (χ2n) is 10.8. The summed E-state index contributed by atoms with van der Waals surface area (Å²) in [5.41, 5.74) is 4.11. The zero-order valence-electron chi connectivity index (χ0n) is 22.4. The fraction of sp³-hybridized carbons (Fsp3) is 0. The molecule has 196 valence electrons. The molecule has 0 amide bonds. The van der Waals surface area contributed by atoms with Crippen molar-refractivity contribution in [1.82, 2.24) is 14.5 Å². The first kappa shape index (κ1) is 23.5. The lowest BCUT2D eigenvalue weighted by atomic mass is 9.97. The summed E-state index contributed by atoms with van der Waals surface area (Å²) in [5, 5.41) is 10.9. The molecule has 0 aliphatic heterocycles. The Morgan fingerprint density at radius 2 is 1.12 bits per heavy atom. The van der Waals surface area contributed by atoms with Crippen LogP contribution in [0.3, 0.4) is 0 Å². The molecule has 0 unspecified atom stereocenters. The molecule has 0 aliphatic carbocycles. The fourth-order valence-corrected chi connectivity index (χ4v) is 6.76. The monoisotopic (exact) mass is 555 g/mol. The molecule has 7 aromatic carbocycles. The predicted octanol–water partition coefficient (Wildman–Crippen LogP) is 10.5. The number of halogens is 1. The van der Waals surface area contributed by atoms with Gasteiger partial charge in [-0.15, -0.1) is 0 Å². The molecule has 3 nitrogen and oxygen atoms in total. The van der Waals surface area contributed by atoms with Crippen LogP contribution in [-0.4, -0.2) is 14.5 Å². The minimum Gasteiger partial charge on any atom is -0.293 e. The molecule has 0 radical (unpaired) electrons. The molecule has 4 heteroatoms. The van der Waals surface area contributed by atoms with E-state index in [1.54, 1.807) is 0 Å². The summed E-state index contributed by atoms with van der Waals surface area (Å²) in [7, 11) is 0. The second kappa shape index (κ2) is 8.87. The summed E-state index contributed by atoms with van der Waals surface area (Å²) >= 11 is 6.66. The van der Waals surface area contributed by atoms with Crippen molar-refractivity contribution in [1.29, 1.82) is 0 Å². The van der Waals surface area contributed by atoms with Crippen molar-refractivity contribution in [3.8, 4) is 17.2 Å². The Balaban J connectivity index is 1.43. The van der Waals surface area contributed by atoms with Gasteiger partial charge in [-0.3, -0.25) is 4.57 Å². The van der Waals surface area contributed by atoms with E-state index in [2.05, 4.69) is 120 Å². The Hall–Kier alpha value is -5.25. The van der Waals surface area contributed by atoms with E-state index in [0.29, 0.717) is 5.82 Å². The Bertz CT molecular complexity index is 2540. The normalized spacial score (nSPS) is 11.9. The third-order valence-electron chi connectivity index (χ3n) is 8.42. The molecular weight excluding hydrogens is 534 g/mol. The lowest BCUT2D eigenvalue weighted by Crippen LogP contribution is -2.03. The summed E-state index contributed by atoms with van der Waals surface area (Å²) in [6, 6.07) is 46.7. The third kappa shape index (κ3) is 3.35. The van der Waals surface area contributed by atoms with Crippen molar-refractivity contribution in [2.45, 2.75) is 0 Å². The van der Waals surface area contributed by atoms with Gasteiger partial charge in [-0.1, -0.05) is 103 Å². The van der Waals surface area contributed by atoms with Gasteiger partial charge < -0.3 is 0 Å². The van der Waals surface area contributed by atoms with Gasteiger partial charge in [0.15, 0.2) is 5.82 Å². The van der Waals surface area contributed by atoms with E-state index < -0.39 is 0 Å². The molecule has 42 heavy (non-hydrogen) atoms. The van der Waals surface area contributed by atoms with Crippen molar-refractivity contribution in [3.63, 3.8) is 0 Å². The molecule has 0 spiro atoms. The third-order valence-corrected chi connectivity index (χ3v) is 8.75. The average molecular weight is 556 g/mol. The first-order valence-corrected chi connectivity index (χ1v) is 14.4. The highest BCUT2D eigenvalue weighted by atomic mass is 35.5. The smallest absolute Gasteiger partial charge is 0.162 e. The van der Waals surface area contributed by atoms with Gasteiger partial charge in [0.1, 0.15) is 5.82 Å². The lowest BCUT2D eigenvalue weighted by molar-refractivity contribution is 1.08. The van der Waals surface area contributed by atoms with Crippen LogP contribution in [0.5, 0.6) is 0 Å². The maximum Gasteiger partial charge on any atom is 0.162 e. The van der Waals surface area contributed by atoms with Gasteiger partial charge in [0.2, 0.25) is 0 Å². The van der Waals surface area contributed by atoms with Crippen LogP contribution in [0, 0.1) is 0 Å². The van der Waals surface area contributed by atoms with E-state index >= 15 is 0 Å². The Kier molecular flexibility index (Phi) is 4.96. The van der Waals surface area contributed by atoms with Crippen LogP contribution in [0.1, 0.15) is 0 Å². The van der Waals surface area contributed by atoms with Crippen molar-refractivity contribution in [2.24, 2.45) is 0 Å². The maximum atomic E-state index is 6.66. The number of rotatable bonds is 2. The zero-order chi connectivity index (χ0) is 27.8. The molecule has 0 N–H and O–H groups in total. The summed E-state index contributed by atoms with van der Waals surface area (Å²) in [4.78, 5) is 10.5. The van der Waals surface area contributed by atoms with Crippen LogP contribution in [0.2, 0.25) is 5.02 Å². The van der Waals surface area contributed by atoms with Crippen LogP contribution in [0.25, 0.3) is 82.2 Å². The van der Waals surface area contributed by atoms with Crippen LogP contribution >= 0.6 is 11.6 Å². The molecule has 0 fully saturated rings. The van der Waals surface area contributed by atoms with Gasteiger partial charge in [-0.05, 0) is 69.4 Å². The summed E-state index contributed by atoms with van der Waals surface area (Å²) in [6.45, 7) is 0. The predicted molar refractivity (Wildman–Crippen MR) is 177 cm³/mol. The second-order valence-corrected chi connectivity index (χ2v) is 11.2. The van der Waals surface area contributed by atoms with E-state index in [0.717, 1.165) is 65.3 Å². The number of hydrogen-bond donors (Lipinski definition) is 0. The van der Waals surface area contributed by atoms with Crippen molar-refractivity contribution in [2.75, 3.05) is 0 Å². The van der Waals surface area contributed by atoms with Crippen LogP contribution in [0.15, 0.2) is 133 Å². The molecule has 0 atom stereocenters. The topological polar surface area (TPSA) is 30.7 Å². The fourth-order valence-electron chi connectivity index (χ4n) is 6.52. The van der Waals surface area contributed by atoms with E-state index in [4.69, 9.17) is 21.6 Å². The SMILES string of the molecule is Clc1cccc2cc3c(cc12)c1ccccc1n3-c1nc(-c2cc3ccccc3c3ccccc23)nc2ccccc12. The molecule has 9 aromatic rings. The Morgan fingerprint density at radius 3 is 2.00 bits per heavy atom. The van der Waals surface area contributed by atoms with Gasteiger partial charge >= 0.3 is 0 Å². The molecule has 9 rings (SSSR count). The number of para-hydroxylation sites is 2. The summed E-state index contributed by atoms with van der Waals surface area (Å²) < 4.78 is 2.29. The molecule has 2 aromatic heterocycles. The van der Waals surface area contributed by atoms with Crippen molar-refractivity contribution < 1.29 is 0 Å². The quantitative estimate of drug-likeness (QED) is 0.199. The average Bonchev–Trinajstić information content (AvgIpc) is 3.36. The lowest BCUT2D eigenvalue weighted by Gasteiger charge is -2.15. The van der Waals surface area contributed by atoms with Crippen LogP contribution in [0.4, 0.5) is 0 Å². The first-order valence-electron chi connectivity index (χ1n) is 14.0. The molecule has 2 heterocycles. The molecular formula is C38H22ClN3. The number of fused-ring (bicyclic) bond motifs is 8. The summed E-state index contributed by atoms with van der Waals surface area (Å²) in [6.07, 6.45) is 0. The van der Waals surface area contributed by atoms with Gasteiger partial charge in [-0.25, -0.2) is 9.97 Å². The minimum absolute atomic E-state index is 0.709. The van der Waals surface area contributed by atoms with Crippen molar-refractivity contribution in [3.05, 3.63) is 138 Å². The largest absolute Gasteiger partial charge is 0.293 e. The molecule has 0 saturated heterocycles. The molecule has 0 saturated carbocycles. The zero-order valence-corrected chi connectivity index (χ0v) is 23.2. The van der Waals surface area contributed by atoms with E-state index in [1.165, 1.54) is 16.2 Å². The van der Waals surface area contributed by atoms with Gasteiger partial charge in [-0.2, -0.15) is 0 Å². The maximum absolute atomic E-state index is 6.66. The number of hydrogen-bond acceptors (Lipinski definition) is 2. The van der Waals surface area contributed by atoms with E-state index in [1.807, 2.05) is 18.2 Å². The summed E-state index contributed by atoms with van der Waals surface area (Å²) in [5.74, 6) is 1.57. The van der Waals surface area contributed by atoms with Crippen LogP contribution in [-0.2, 0) is 0 Å². The highest BCUT2D eigenvalue weighted by Gasteiger charge is 2.19. The van der Waals surface area contributed by atoms with E-state index in [9.17, 15) is 0 Å². The van der Waals surface area contributed by atoms with Crippen LogP contribution < -0.4 is 0 Å². The number of aromatic nitrogens is 3. The van der Waals surface area contributed by atoms with E-state index in [-0.39, 0.29) is 0 Å². The number of nitrogens with zero attached hydrogens (tertiary/aromatic N) is 3. The minimum atomic E-state index is 0.709. The first-order chi connectivity index (χ1) is 20.7. The van der Waals surface area contributed by atoms with Gasteiger partial charge in [0.05, 0.1) is 16.6 Å². The van der Waals surface area contributed by atoms with Gasteiger partial charge in [0, 0.05) is 32.1 Å². The van der Waals surface area contributed by atoms with Gasteiger partial charge in [0.25, 0.3) is 0 Å². The standard InChI is InChI=1S/C38H22ClN3/c39-33-17-9-11-24-21-36-31(22-30(24)33)28-15-6-8-19-35(28)42(36)38-29-16-5-7-18-34(29)40-37(41-38)32-20-23-10-1-2-12-25(23)26-13-3-4-14-27(26)32/h1-22H. The highest BCUT2D eigenvalue weighted by molar-refractivity contribution is 6.36. The Labute approximate surface area is 246 Å². The number of benzene rings is 7. The Morgan fingerprint density at radius 1 is 0.452 bits per heavy atom. The molecule has 0 aliphatic rings. The van der Waals surface area contributed by atoms with Crippen molar-refractivity contribution >= 4 is 76.6 Å².